The Morgan fingerprint density at radius 2 is 1.92 bits per heavy atom. The van der Waals surface area contributed by atoms with Crippen molar-refractivity contribution in [2.24, 2.45) is 0 Å². The van der Waals surface area contributed by atoms with Gasteiger partial charge in [-0.2, -0.15) is 11.8 Å². The summed E-state index contributed by atoms with van der Waals surface area (Å²) in [6.07, 6.45) is 2.72. The van der Waals surface area contributed by atoms with Gasteiger partial charge in [0, 0.05) is 32.2 Å². The number of nitrogens with zero attached hydrogens (tertiary/aromatic N) is 1. The van der Waals surface area contributed by atoms with Crippen molar-refractivity contribution in [1.29, 1.82) is 0 Å². The van der Waals surface area contributed by atoms with Crippen LogP contribution in [0.15, 0.2) is 0 Å². The summed E-state index contributed by atoms with van der Waals surface area (Å²) in [5, 5.41) is 0. The summed E-state index contributed by atoms with van der Waals surface area (Å²) in [6.45, 7) is 2.27. The molecular weight excluding hydrogens is 186 g/mol. The summed E-state index contributed by atoms with van der Waals surface area (Å²) < 4.78 is 0. The molecule has 0 bridgehead atoms. The van der Waals surface area contributed by atoms with E-state index in [-0.39, 0.29) is 11.7 Å². The van der Waals surface area contributed by atoms with Crippen LogP contribution in [0.25, 0.3) is 0 Å². The van der Waals surface area contributed by atoms with E-state index in [4.69, 9.17) is 0 Å². The second kappa shape index (κ2) is 6.95. The van der Waals surface area contributed by atoms with Gasteiger partial charge in [0.05, 0.1) is 0 Å². The molecule has 1 amide bonds. The number of thioether (sulfide) groups is 1. The Balaban J connectivity index is 3.63. The largest absolute Gasteiger partial charge is 0.345 e. The van der Waals surface area contributed by atoms with Crippen LogP contribution < -0.4 is 0 Å². The van der Waals surface area contributed by atoms with E-state index in [2.05, 4.69) is 0 Å². The maximum absolute atomic E-state index is 11.3. The quantitative estimate of drug-likeness (QED) is 0.650. The molecule has 13 heavy (non-hydrogen) atoms. The fraction of sp³-hybridized carbons (Fsp3) is 0.778. The van der Waals surface area contributed by atoms with Crippen molar-refractivity contribution in [2.75, 3.05) is 25.6 Å². The number of carbonyl (C=O) groups is 2. The van der Waals surface area contributed by atoms with E-state index in [0.717, 1.165) is 12.3 Å². The van der Waals surface area contributed by atoms with Gasteiger partial charge in [-0.15, -0.1) is 0 Å². The third kappa shape index (κ3) is 6.63. The molecule has 0 aromatic rings. The van der Waals surface area contributed by atoms with Crippen LogP contribution in [0.5, 0.6) is 0 Å². The van der Waals surface area contributed by atoms with Gasteiger partial charge in [-0.25, -0.2) is 0 Å². The van der Waals surface area contributed by atoms with Crippen molar-refractivity contribution < 1.29 is 9.59 Å². The summed E-state index contributed by atoms with van der Waals surface area (Å²) in [7, 11) is 1.78. The highest BCUT2D eigenvalue weighted by atomic mass is 32.2. The first-order valence-corrected chi connectivity index (χ1v) is 5.69. The minimum atomic E-state index is 0.0595. The van der Waals surface area contributed by atoms with Gasteiger partial charge >= 0.3 is 0 Å². The Bertz CT molecular complexity index is 182. The van der Waals surface area contributed by atoms with Gasteiger partial charge in [0.2, 0.25) is 5.91 Å². The molecule has 0 unspecified atom stereocenters. The van der Waals surface area contributed by atoms with Gasteiger partial charge in [-0.05, 0) is 13.2 Å². The summed E-state index contributed by atoms with van der Waals surface area (Å²) in [4.78, 5) is 23.6. The normalized spacial score (nSPS) is 9.77. The first-order chi connectivity index (χ1) is 6.07. The van der Waals surface area contributed by atoms with Crippen LogP contribution in [0.3, 0.4) is 0 Å². The molecule has 0 rings (SSSR count). The zero-order chi connectivity index (χ0) is 10.3. The minimum Gasteiger partial charge on any atom is -0.345 e. The topological polar surface area (TPSA) is 37.4 Å². The van der Waals surface area contributed by atoms with Gasteiger partial charge in [0.25, 0.3) is 0 Å². The average molecular weight is 203 g/mol. The lowest BCUT2D eigenvalue weighted by Gasteiger charge is -2.15. The number of ketones is 1. The molecule has 3 nitrogen and oxygen atoms in total. The van der Waals surface area contributed by atoms with Crippen LogP contribution in [-0.4, -0.2) is 42.2 Å². The van der Waals surface area contributed by atoms with Crippen LogP contribution >= 0.6 is 11.8 Å². The highest BCUT2D eigenvalue weighted by Crippen LogP contribution is 1.99. The molecule has 0 N–H and O–H groups in total. The average Bonchev–Trinajstić information content (AvgIpc) is 2.10. The zero-order valence-electron chi connectivity index (χ0n) is 8.50. The number of amides is 1. The van der Waals surface area contributed by atoms with Crippen LogP contribution in [0, 0.1) is 0 Å². The Labute approximate surface area is 83.9 Å². The molecule has 4 heteroatoms. The Kier molecular flexibility index (Phi) is 6.68. The summed E-state index contributed by atoms with van der Waals surface area (Å²) in [5.74, 6) is 1.08. The number of hydrogen-bond donors (Lipinski definition) is 0. The molecule has 0 aliphatic rings. The van der Waals surface area contributed by atoms with Crippen molar-refractivity contribution in [2.45, 2.75) is 19.8 Å². The molecule has 0 heterocycles. The summed E-state index contributed by atoms with van der Waals surface area (Å²) in [6, 6.07) is 0. The van der Waals surface area contributed by atoms with Crippen molar-refractivity contribution in [3.63, 3.8) is 0 Å². The molecule has 76 valence electrons. The lowest BCUT2D eigenvalue weighted by molar-refractivity contribution is -0.131. The van der Waals surface area contributed by atoms with Gasteiger partial charge < -0.3 is 9.69 Å². The Morgan fingerprint density at radius 1 is 1.31 bits per heavy atom. The summed E-state index contributed by atoms with van der Waals surface area (Å²) >= 11 is 1.71. The first-order valence-electron chi connectivity index (χ1n) is 4.30. The maximum atomic E-state index is 11.3. The van der Waals surface area contributed by atoms with E-state index >= 15 is 0 Å². The number of rotatable bonds is 6. The Morgan fingerprint density at radius 3 is 2.38 bits per heavy atom. The Hall–Kier alpha value is -0.510. The number of Topliss-reactive ketones (excluding diaryl/α,β-unsaturated/α-hetero) is 1. The van der Waals surface area contributed by atoms with Gasteiger partial charge in [0.1, 0.15) is 5.78 Å². The van der Waals surface area contributed by atoms with Crippen molar-refractivity contribution in [3.8, 4) is 0 Å². The van der Waals surface area contributed by atoms with E-state index < -0.39 is 0 Å². The molecule has 0 fully saturated rings. The zero-order valence-corrected chi connectivity index (χ0v) is 9.32. The molecule has 0 spiro atoms. The monoisotopic (exact) mass is 203 g/mol. The fourth-order valence-electron chi connectivity index (χ4n) is 0.827. The standard InChI is InChI=1S/C9H17NO2S/c1-8(11)4-5-9(12)10(2)6-7-13-3/h4-7H2,1-3H3. The number of carbonyl (C=O) groups excluding carboxylic acids is 2. The van der Waals surface area contributed by atoms with E-state index in [9.17, 15) is 9.59 Å². The summed E-state index contributed by atoms with van der Waals surface area (Å²) in [5.41, 5.74) is 0. The number of hydrogen-bond acceptors (Lipinski definition) is 3. The van der Waals surface area contributed by atoms with Crippen LogP contribution in [0.2, 0.25) is 0 Å². The van der Waals surface area contributed by atoms with E-state index in [0.29, 0.717) is 12.8 Å². The molecule has 0 aromatic carbocycles. The van der Waals surface area contributed by atoms with Gasteiger partial charge in [0.15, 0.2) is 0 Å². The molecule has 0 atom stereocenters. The van der Waals surface area contributed by atoms with Crippen LogP contribution in [-0.2, 0) is 9.59 Å². The fourth-order valence-corrected chi connectivity index (χ4v) is 1.28. The van der Waals surface area contributed by atoms with Gasteiger partial charge in [-0.3, -0.25) is 4.79 Å². The minimum absolute atomic E-state index is 0.0595. The van der Waals surface area contributed by atoms with Crippen molar-refractivity contribution in [3.05, 3.63) is 0 Å². The van der Waals surface area contributed by atoms with E-state index in [1.54, 1.807) is 23.7 Å². The molecule has 0 saturated carbocycles. The second-order valence-corrected chi connectivity index (χ2v) is 4.00. The second-order valence-electron chi connectivity index (χ2n) is 3.01. The van der Waals surface area contributed by atoms with Crippen molar-refractivity contribution in [1.82, 2.24) is 4.90 Å². The highest BCUT2D eigenvalue weighted by Gasteiger charge is 2.08. The third-order valence-electron chi connectivity index (χ3n) is 1.75. The predicted octanol–water partition coefficient (Wildman–Crippen LogP) is 1.18. The highest BCUT2D eigenvalue weighted by molar-refractivity contribution is 7.98. The van der Waals surface area contributed by atoms with Crippen LogP contribution in [0.4, 0.5) is 0 Å². The van der Waals surface area contributed by atoms with Crippen LogP contribution in [0.1, 0.15) is 19.8 Å². The first kappa shape index (κ1) is 12.5. The molecule has 0 aliphatic heterocycles. The maximum Gasteiger partial charge on any atom is 0.222 e. The molecule has 0 radical (unpaired) electrons. The SMILES string of the molecule is CSCCN(C)C(=O)CCC(C)=O. The molecular formula is C9H17NO2S. The lowest BCUT2D eigenvalue weighted by Crippen LogP contribution is -2.28. The van der Waals surface area contributed by atoms with E-state index in [1.807, 2.05) is 6.26 Å². The lowest BCUT2D eigenvalue weighted by atomic mass is 10.2. The molecule has 0 aliphatic carbocycles. The van der Waals surface area contributed by atoms with E-state index in [1.165, 1.54) is 6.92 Å². The molecule has 0 aromatic heterocycles. The predicted molar refractivity (Wildman–Crippen MR) is 55.9 cm³/mol. The van der Waals surface area contributed by atoms with Gasteiger partial charge in [-0.1, -0.05) is 0 Å². The third-order valence-corrected chi connectivity index (χ3v) is 2.34. The van der Waals surface area contributed by atoms with Crippen molar-refractivity contribution >= 4 is 23.5 Å². The smallest absolute Gasteiger partial charge is 0.222 e. The molecule has 0 saturated heterocycles.